The van der Waals surface area contributed by atoms with Crippen molar-refractivity contribution in [2.24, 2.45) is 0 Å². The Kier molecular flexibility index (Phi) is 3.23. The Morgan fingerprint density at radius 3 is 2.27 bits per heavy atom. The second-order valence-electron chi connectivity index (χ2n) is 2.81. The standard InChI is InChI=1S/C8H7F3N2O2/c9-8(10,11)7-12-3-5(4-13-7)1-2-6(14)15/h3-4H,1-2H2,(H,14,15). The van der Waals surface area contributed by atoms with E-state index in [4.69, 9.17) is 5.11 Å². The van der Waals surface area contributed by atoms with Gasteiger partial charge >= 0.3 is 12.1 Å². The van der Waals surface area contributed by atoms with Crippen molar-refractivity contribution in [2.45, 2.75) is 19.0 Å². The van der Waals surface area contributed by atoms with E-state index >= 15 is 0 Å². The Morgan fingerprint density at radius 1 is 1.33 bits per heavy atom. The predicted molar refractivity (Wildman–Crippen MR) is 43.0 cm³/mol. The molecule has 0 aliphatic heterocycles. The maximum Gasteiger partial charge on any atom is 0.451 e. The van der Waals surface area contributed by atoms with E-state index in [1.807, 2.05) is 0 Å². The van der Waals surface area contributed by atoms with Crippen LogP contribution >= 0.6 is 0 Å². The summed E-state index contributed by atoms with van der Waals surface area (Å²) < 4.78 is 36.0. The molecule has 0 unspecified atom stereocenters. The van der Waals surface area contributed by atoms with Crippen LogP contribution in [0.15, 0.2) is 12.4 Å². The fourth-order valence-electron chi connectivity index (χ4n) is 0.882. The maximum atomic E-state index is 12.0. The van der Waals surface area contributed by atoms with Crippen molar-refractivity contribution in [3.8, 4) is 0 Å². The molecule has 1 N–H and O–H groups in total. The van der Waals surface area contributed by atoms with Crippen molar-refractivity contribution in [1.82, 2.24) is 9.97 Å². The van der Waals surface area contributed by atoms with Crippen molar-refractivity contribution >= 4 is 5.97 Å². The lowest BCUT2D eigenvalue weighted by molar-refractivity contribution is -0.145. The average molecular weight is 220 g/mol. The molecule has 15 heavy (non-hydrogen) atoms. The van der Waals surface area contributed by atoms with Gasteiger partial charge < -0.3 is 5.11 Å². The molecule has 0 fully saturated rings. The first-order valence-electron chi connectivity index (χ1n) is 3.99. The summed E-state index contributed by atoms with van der Waals surface area (Å²) in [7, 11) is 0. The fraction of sp³-hybridized carbons (Fsp3) is 0.375. The number of alkyl halides is 3. The highest BCUT2D eigenvalue weighted by molar-refractivity contribution is 5.67. The highest BCUT2D eigenvalue weighted by Crippen LogP contribution is 2.25. The van der Waals surface area contributed by atoms with E-state index < -0.39 is 18.0 Å². The van der Waals surface area contributed by atoms with Crippen LogP contribution < -0.4 is 0 Å². The largest absolute Gasteiger partial charge is 0.481 e. The van der Waals surface area contributed by atoms with Crippen LogP contribution in [-0.4, -0.2) is 21.0 Å². The van der Waals surface area contributed by atoms with E-state index in [9.17, 15) is 18.0 Å². The van der Waals surface area contributed by atoms with Gasteiger partial charge in [-0.25, -0.2) is 9.97 Å². The number of rotatable bonds is 3. The summed E-state index contributed by atoms with van der Waals surface area (Å²) in [5.41, 5.74) is 0.366. The molecule has 0 saturated carbocycles. The third-order valence-electron chi connectivity index (χ3n) is 1.59. The lowest BCUT2D eigenvalue weighted by Crippen LogP contribution is -2.11. The zero-order chi connectivity index (χ0) is 11.5. The lowest BCUT2D eigenvalue weighted by atomic mass is 10.2. The van der Waals surface area contributed by atoms with Gasteiger partial charge in [-0.05, 0) is 12.0 Å². The number of carboxylic acids is 1. The van der Waals surface area contributed by atoms with Gasteiger partial charge in [0.25, 0.3) is 0 Å². The zero-order valence-corrected chi connectivity index (χ0v) is 7.45. The van der Waals surface area contributed by atoms with E-state index in [-0.39, 0.29) is 12.8 Å². The Labute approximate surface area is 82.8 Å². The number of aliphatic carboxylic acids is 1. The number of hydrogen-bond acceptors (Lipinski definition) is 3. The molecule has 0 saturated heterocycles. The third kappa shape index (κ3) is 3.53. The van der Waals surface area contributed by atoms with Gasteiger partial charge in [0.15, 0.2) is 0 Å². The van der Waals surface area contributed by atoms with Crippen LogP contribution in [0.2, 0.25) is 0 Å². The Hall–Kier alpha value is -1.66. The van der Waals surface area contributed by atoms with Crippen LogP contribution in [0.3, 0.4) is 0 Å². The second-order valence-corrected chi connectivity index (χ2v) is 2.81. The zero-order valence-electron chi connectivity index (χ0n) is 7.45. The summed E-state index contributed by atoms with van der Waals surface area (Å²) in [6.07, 6.45) is -2.63. The van der Waals surface area contributed by atoms with Crippen molar-refractivity contribution in [3.05, 3.63) is 23.8 Å². The minimum atomic E-state index is -4.56. The van der Waals surface area contributed by atoms with E-state index in [0.29, 0.717) is 5.56 Å². The van der Waals surface area contributed by atoms with Crippen LogP contribution in [0.4, 0.5) is 13.2 Å². The summed E-state index contributed by atoms with van der Waals surface area (Å²) in [6, 6.07) is 0. The van der Waals surface area contributed by atoms with Crippen LogP contribution in [0.5, 0.6) is 0 Å². The number of halogens is 3. The topological polar surface area (TPSA) is 63.1 Å². The van der Waals surface area contributed by atoms with E-state index in [1.165, 1.54) is 0 Å². The first-order valence-corrected chi connectivity index (χ1v) is 3.99. The Bertz CT molecular complexity index is 348. The number of carbonyl (C=O) groups is 1. The van der Waals surface area contributed by atoms with E-state index in [0.717, 1.165) is 12.4 Å². The molecule has 0 aliphatic rings. The highest BCUT2D eigenvalue weighted by Gasteiger charge is 2.34. The van der Waals surface area contributed by atoms with Crippen LogP contribution in [-0.2, 0) is 17.4 Å². The van der Waals surface area contributed by atoms with Crippen molar-refractivity contribution < 1.29 is 23.1 Å². The molecule has 0 radical (unpaired) electrons. The molecule has 7 heteroatoms. The monoisotopic (exact) mass is 220 g/mol. The Balaban J connectivity index is 2.69. The van der Waals surface area contributed by atoms with Gasteiger partial charge in [0.1, 0.15) is 0 Å². The first-order chi connectivity index (χ1) is 6.89. The number of aromatic nitrogens is 2. The normalized spacial score (nSPS) is 11.4. The number of nitrogens with zero attached hydrogens (tertiary/aromatic N) is 2. The quantitative estimate of drug-likeness (QED) is 0.838. The predicted octanol–water partition coefficient (Wildman–Crippen LogP) is 1.51. The second kappa shape index (κ2) is 4.24. The molecule has 0 atom stereocenters. The molecule has 0 amide bonds. The van der Waals surface area contributed by atoms with Gasteiger partial charge in [-0.15, -0.1) is 0 Å². The first kappa shape index (κ1) is 11.4. The van der Waals surface area contributed by atoms with Crippen LogP contribution in [0, 0.1) is 0 Å². The van der Waals surface area contributed by atoms with Crippen molar-refractivity contribution in [1.29, 1.82) is 0 Å². The van der Waals surface area contributed by atoms with Crippen molar-refractivity contribution in [2.75, 3.05) is 0 Å². The number of carboxylic acid groups (broad SMARTS) is 1. The van der Waals surface area contributed by atoms with Gasteiger partial charge in [0.05, 0.1) is 0 Å². The van der Waals surface area contributed by atoms with Crippen molar-refractivity contribution in [3.63, 3.8) is 0 Å². The molecular weight excluding hydrogens is 213 g/mol. The van der Waals surface area contributed by atoms with Gasteiger partial charge in [-0.3, -0.25) is 4.79 Å². The molecule has 0 aromatic carbocycles. The van der Waals surface area contributed by atoms with E-state index in [2.05, 4.69) is 9.97 Å². The van der Waals surface area contributed by atoms with Gasteiger partial charge in [-0.1, -0.05) is 0 Å². The lowest BCUT2D eigenvalue weighted by Gasteiger charge is -2.04. The van der Waals surface area contributed by atoms with E-state index in [1.54, 1.807) is 0 Å². The molecular formula is C8H7F3N2O2. The third-order valence-corrected chi connectivity index (χ3v) is 1.59. The maximum absolute atomic E-state index is 12.0. The minimum absolute atomic E-state index is 0.119. The number of aryl methyl sites for hydroxylation is 1. The molecule has 1 heterocycles. The van der Waals surface area contributed by atoms with Gasteiger partial charge in [0, 0.05) is 18.8 Å². The summed E-state index contributed by atoms with van der Waals surface area (Å²) in [4.78, 5) is 16.4. The number of hydrogen-bond donors (Lipinski definition) is 1. The smallest absolute Gasteiger partial charge is 0.451 e. The average Bonchev–Trinajstić information content (AvgIpc) is 2.14. The summed E-state index contributed by atoms with van der Waals surface area (Å²) in [5, 5.41) is 8.34. The summed E-state index contributed by atoms with van der Waals surface area (Å²) >= 11 is 0. The minimum Gasteiger partial charge on any atom is -0.481 e. The molecule has 0 bridgehead atoms. The van der Waals surface area contributed by atoms with Crippen LogP contribution in [0.25, 0.3) is 0 Å². The SMILES string of the molecule is O=C(O)CCc1cnc(C(F)(F)F)nc1. The highest BCUT2D eigenvalue weighted by atomic mass is 19.4. The van der Waals surface area contributed by atoms with Crippen LogP contribution in [0.1, 0.15) is 17.8 Å². The molecule has 0 aliphatic carbocycles. The summed E-state index contributed by atoms with van der Waals surface area (Å²) in [5.74, 6) is -2.24. The molecule has 4 nitrogen and oxygen atoms in total. The Morgan fingerprint density at radius 2 is 1.87 bits per heavy atom. The molecule has 0 spiro atoms. The molecule has 1 aromatic rings. The fourth-order valence-corrected chi connectivity index (χ4v) is 0.882. The van der Waals surface area contributed by atoms with Gasteiger partial charge in [0.2, 0.25) is 5.82 Å². The summed E-state index contributed by atoms with van der Waals surface area (Å²) in [6.45, 7) is 0. The van der Waals surface area contributed by atoms with Gasteiger partial charge in [-0.2, -0.15) is 13.2 Å². The molecule has 1 rings (SSSR count). The molecule has 1 aromatic heterocycles. The molecule has 82 valence electrons.